The molecule has 0 saturated carbocycles. The molecule has 0 aromatic heterocycles. The molecule has 4 nitrogen and oxygen atoms in total. The van der Waals surface area contributed by atoms with E-state index in [0.29, 0.717) is 18.7 Å². The molecule has 1 aromatic rings. The molecule has 0 bridgehead atoms. The van der Waals surface area contributed by atoms with Crippen LogP contribution < -0.4 is 0 Å². The van der Waals surface area contributed by atoms with Crippen molar-refractivity contribution in [1.82, 2.24) is 4.90 Å². The Kier molecular flexibility index (Phi) is 3.87. The number of hydrogen-bond donors (Lipinski definition) is 1. The minimum Gasteiger partial charge on any atom is -0.507 e. The van der Waals surface area contributed by atoms with Crippen LogP contribution in [0.15, 0.2) is 18.2 Å². The number of hydrogen-bond acceptors (Lipinski definition) is 3. The van der Waals surface area contributed by atoms with E-state index in [9.17, 15) is 9.90 Å². The summed E-state index contributed by atoms with van der Waals surface area (Å²) in [5.74, 6) is 0.00196. The number of nitrogens with zero attached hydrogens (tertiary/aromatic N) is 1. The Bertz CT molecular complexity index is 437. The predicted molar refractivity (Wildman–Crippen MR) is 68.8 cm³/mol. The molecule has 1 heterocycles. The fourth-order valence-electron chi connectivity index (χ4n) is 2.30. The summed E-state index contributed by atoms with van der Waals surface area (Å²) in [6.45, 7) is 3.17. The van der Waals surface area contributed by atoms with Crippen molar-refractivity contribution >= 4 is 5.91 Å². The van der Waals surface area contributed by atoms with E-state index in [1.807, 2.05) is 0 Å². The Morgan fingerprint density at radius 2 is 2.06 bits per heavy atom. The highest BCUT2D eigenvalue weighted by molar-refractivity contribution is 5.97. The fraction of sp³-hybridized carbons (Fsp3) is 0.500. The number of benzene rings is 1. The van der Waals surface area contributed by atoms with Crippen LogP contribution in [-0.2, 0) is 4.74 Å². The quantitative estimate of drug-likeness (QED) is 0.871. The lowest BCUT2D eigenvalue weighted by Crippen LogP contribution is -2.40. The molecule has 1 aliphatic rings. The molecular weight excluding hydrogens is 230 g/mol. The number of aromatic hydroxyl groups is 1. The van der Waals surface area contributed by atoms with Gasteiger partial charge in [-0.25, -0.2) is 0 Å². The van der Waals surface area contributed by atoms with Gasteiger partial charge in [0.25, 0.3) is 5.91 Å². The van der Waals surface area contributed by atoms with Crippen LogP contribution in [0.4, 0.5) is 0 Å². The van der Waals surface area contributed by atoms with Crippen LogP contribution in [0.2, 0.25) is 0 Å². The zero-order valence-electron chi connectivity index (χ0n) is 10.8. The number of phenolic OH excluding ortho intramolecular Hbond substituents is 1. The van der Waals surface area contributed by atoms with E-state index in [1.165, 1.54) is 0 Å². The summed E-state index contributed by atoms with van der Waals surface area (Å²) in [5, 5.41) is 9.92. The van der Waals surface area contributed by atoms with Gasteiger partial charge in [-0.2, -0.15) is 0 Å². The van der Waals surface area contributed by atoms with E-state index < -0.39 is 0 Å². The average Bonchev–Trinajstić information content (AvgIpc) is 2.41. The normalized spacial score (nSPS) is 16.9. The molecule has 2 rings (SSSR count). The topological polar surface area (TPSA) is 49.8 Å². The Balaban J connectivity index is 2.10. The van der Waals surface area contributed by atoms with Gasteiger partial charge in [0.05, 0.1) is 11.7 Å². The molecule has 0 atom stereocenters. The molecule has 0 aliphatic carbocycles. The van der Waals surface area contributed by atoms with Gasteiger partial charge in [-0.05, 0) is 31.4 Å². The van der Waals surface area contributed by atoms with Crippen molar-refractivity contribution in [2.75, 3.05) is 20.2 Å². The monoisotopic (exact) mass is 249 g/mol. The number of carbonyl (C=O) groups excluding carboxylic acids is 1. The van der Waals surface area contributed by atoms with Crippen molar-refractivity contribution in [2.45, 2.75) is 25.9 Å². The highest BCUT2D eigenvalue weighted by Gasteiger charge is 2.25. The third-order valence-electron chi connectivity index (χ3n) is 3.53. The van der Waals surface area contributed by atoms with Crippen LogP contribution in [0.5, 0.6) is 5.75 Å². The van der Waals surface area contributed by atoms with E-state index in [2.05, 4.69) is 0 Å². The zero-order chi connectivity index (χ0) is 13.1. The van der Waals surface area contributed by atoms with Crippen molar-refractivity contribution in [3.05, 3.63) is 29.3 Å². The number of likely N-dealkylation sites (tertiary alicyclic amines) is 1. The smallest absolute Gasteiger partial charge is 0.257 e. The summed E-state index contributed by atoms with van der Waals surface area (Å²) in [7, 11) is 1.70. The molecule has 0 spiro atoms. The minimum atomic E-state index is -0.0919. The maximum absolute atomic E-state index is 12.3. The third-order valence-corrected chi connectivity index (χ3v) is 3.53. The second-order valence-electron chi connectivity index (χ2n) is 4.70. The number of carbonyl (C=O) groups is 1. The first-order valence-electron chi connectivity index (χ1n) is 6.24. The zero-order valence-corrected chi connectivity index (χ0v) is 10.8. The summed E-state index contributed by atoms with van der Waals surface area (Å²) in [6.07, 6.45) is 1.96. The molecule has 1 N–H and O–H groups in total. The second-order valence-corrected chi connectivity index (χ2v) is 4.70. The lowest BCUT2D eigenvalue weighted by atomic mass is 10.0. The molecular formula is C14H19NO3. The van der Waals surface area contributed by atoms with Crippen molar-refractivity contribution in [2.24, 2.45) is 0 Å². The van der Waals surface area contributed by atoms with E-state index in [1.54, 1.807) is 37.1 Å². The first kappa shape index (κ1) is 12.9. The van der Waals surface area contributed by atoms with Crippen molar-refractivity contribution in [3.63, 3.8) is 0 Å². The maximum Gasteiger partial charge on any atom is 0.257 e. The summed E-state index contributed by atoms with van der Waals surface area (Å²) in [5.41, 5.74) is 1.12. The Hall–Kier alpha value is -1.55. The van der Waals surface area contributed by atoms with Gasteiger partial charge in [0, 0.05) is 20.2 Å². The maximum atomic E-state index is 12.3. The molecule has 0 radical (unpaired) electrons. The second kappa shape index (κ2) is 5.40. The van der Waals surface area contributed by atoms with Gasteiger partial charge in [0.15, 0.2) is 0 Å². The number of methoxy groups -OCH3 is 1. The van der Waals surface area contributed by atoms with Crippen molar-refractivity contribution in [3.8, 4) is 5.75 Å². The highest BCUT2D eigenvalue weighted by Crippen LogP contribution is 2.24. The Morgan fingerprint density at radius 3 is 2.67 bits per heavy atom. The van der Waals surface area contributed by atoms with Gasteiger partial charge in [0.2, 0.25) is 0 Å². The SMILES string of the molecule is COC1CCN(C(=O)c2cccc(C)c2O)CC1. The van der Waals surface area contributed by atoms with Gasteiger partial charge in [-0.15, -0.1) is 0 Å². The van der Waals surface area contributed by atoms with Crippen LogP contribution in [0.1, 0.15) is 28.8 Å². The Labute approximate surface area is 107 Å². The minimum absolute atomic E-state index is 0.0919. The van der Waals surface area contributed by atoms with Gasteiger partial charge >= 0.3 is 0 Å². The summed E-state index contributed by atoms with van der Waals surface area (Å²) in [4.78, 5) is 14.1. The molecule has 98 valence electrons. The predicted octanol–water partition coefficient (Wildman–Crippen LogP) is 1.95. The third kappa shape index (κ3) is 2.48. The van der Waals surface area contributed by atoms with Crippen LogP contribution in [0.3, 0.4) is 0 Å². The van der Waals surface area contributed by atoms with Crippen LogP contribution >= 0.6 is 0 Å². The van der Waals surface area contributed by atoms with Gasteiger partial charge in [-0.3, -0.25) is 4.79 Å². The Morgan fingerprint density at radius 1 is 1.39 bits per heavy atom. The summed E-state index contributed by atoms with van der Waals surface area (Å²) >= 11 is 0. The largest absolute Gasteiger partial charge is 0.507 e. The van der Waals surface area contributed by atoms with Crippen molar-refractivity contribution in [1.29, 1.82) is 0 Å². The molecule has 1 amide bonds. The number of rotatable bonds is 2. The van der Waals surface area contributed by atoms with E-state index >= 15 is 0 Å². The van der Waals surface area contributed by atoms with Crippen LogP contribution in [-0.4, -0.2) is 42.2 Å². The van der Waals surface area contributed by atoms with Gasteiger partial charge < -0.3 is 14.7 Å². The number of piperidine rings is 1. The van der Waals surface area contributed by atoms with E-state index in [0.717, 1.165) is 18.4 Å². The first-order valence-corrected chi connectivity index (χ1v) is 6.24. The number of para-hydroxylation sites is 1. The number of amides is 1. The van der Waals surface area contributed by atoms with Crippen LogP contribution in [0.25, 0.3) is 0 Å². The molecule has 4 heteroatoms. The average molecular weight is 249 g/mol. The number of ether oxygens (including phenoxy) is 1. The lowest BCUT2D eigenvalue weighted by Gasteiger charge is -2.31. The number of aryl methyl sites for hydroxylation is 1. The van der Waals surface area contributed by atoms with Gasteiger partial charge in [0.1, 0.15) is 5.75 Å². The molecule has 1 saturated heterocycles. The molecule has 1 aliphatic heterocycles. The van der Waals surface area contributed by atoms with Crippen LogP contribution in [0, 0.1) is 6.92 Å². The van der Waals surface area contributed by atoms with Gasteiger partial charge in [-0.1, -0.05) is 12.1 Å². The standard InChI is InChI=1S/C14H19NO3/c1-10-4-3-5-12(13(10)16)14(17)15-8-6-11(18-2)7-9-15/h3-5,11,16H,6-9H2,1-2H3. The molecule has 0 unspecified atom stereocenters. The van der Waals surface area contributed by atoms with E-state index in [4.69, 9.17) is 4.74 Å². The first-order chi connectivity index (χ1) is 8.63. The molecule has 18 heavy (non-hydrogen) atoms. The summed E-state index contributed by atoms with van der Waals surface area (Å²) in [6, 6.07) is 5.26. The van der Waals surface area contributed by atoms with Crippen molar-refractivity contribution < 1.29 is 14.6 Å². The molecule has 1 aromatic carbocycles. The lowest BCUT2D eigenvalue weighted by molar-refractivity contribution is 0.0349. The highest BCUT2D eigenvalue weighted by atomic mass is 16.5. The number of phenols is 1. The summed E-state index contributed by atoms with van der Waals surface area (Å²) < 4.78 is 5.28. The molecule has 1 fully saturated rings. The fourth-order valence-corrected chi connectivity index (χ4v) is 2.30. The van der Waals surface area contributed by atoms with E-state index in [-0.39, 0.29) is 17.8 Å².